The van der Waals surface area contributed by atoms with Crippen LogP contribution in [0.2, 0.25) is 0 Å². The number of H-pyrrole nitrogens is 1. The zero-order valence-electron chi connectivity index (χ0n) is 14.4. The van der Waals surface area contributed by atoms with Crippen molar-refractivity contribution in [2.45, 2.75) is 19.4 Å². The maximum atomic E-state index is 12.4. The number of aromatic nitrogens is 4. The van der Waals surface area contributed by atoms with E-state index < -0.39 is 0 Å². The Bertz CT molecular complexity index is 992. The largest absolute Gasteiger partial charge is 0.484 e. The highest BCUT2D eigenvalue weighted by molar-refractivity contribution is 5.78. The summed E-state index contributed by atoms with van der Waals surface area (Å²) in [5, 5.41) is 0. The number of benzene rings is 1. The number of likely N-dealkylation sites (tertiary alicyclic amines) is 1. The minimum Gasteiger partial charge on any atom is -0.484 e. The van der Waals surface area contributed by atoms with E-state index >= 15 is 0 Å². The molecule has 1 atom stereocenters. The minimum absolute atomic E-state index is 0.0132. The van der Waals surface area contributed by atoms with Crippen molar-refractivity contribution in [3.63, 3.8) is 0 Å². The molecule has 1 aliphatic rings. The Morgan fingerprint density at radius 3 is 2.96 bits per heavy atom. The summed E-state index contributed by atoms with van der Waals surface area (Å²) >= 11 is 0. The van der Waals surface area contributed by atoms with Gasteiger partial charge < -0.3 is 14.6 Å². The number of nitrogens with one attached hydrogen (secondary N) is 1. The van der Waals surface area contributed by atoms with E-state index in [9.17, 15) is 9.59 Å². The summed E-state index contributed by atoms with van der Waals surface area (Å²) in [6, 6.07) is 7.48. The standard InChI is InChI=1S/C18H19N5O3/c1-12-2-4-14(5-3-12)26-10-16(24)22-7-6-13(9-22)23-17-15(21-18(23)25)8-19-11-20-17/h2-5,8,11,13H,6-7,9-10H2,1H3,(H,21,25)/t13-/m1/s1. The molecule has 3 heterocycles. The number of carbonyl (C=O) groups is 1. The second-order valence-electron chi connectivity index (χ2n) is 6.44. The van der Waals surface area contributed by atoms with Crippen LogP contribution >= 0.6 is 0 Å². The van der Waals surface area contributed by atoms with Crippen LogP contribution in [-0.2, 0) is 4.79 Å². The molecule has 1 fully saturated rings. The van der Waals surface area contributed by atoms with Crippen LogP contribution in [-0.4, -0.2) is 50.0 Å². The van der Waals surface area contributed by atoms with E-state index in [1.807, 2.05) is 31.2 Å². The van der Waals surface area contributed by atoms with E-state index in [0.29, 0.717) is 36.4 Å². The first-order chi connectivity index (χ1) is 12.6. The summed E-state index contributed by atoms with van der Waals surface area (Å²) < 4.78 is 7.18. The predicted octanol–water partition coefficient (Wildman–Crippen LogP) is 1.28. The van der Waals surface area contributed by atoms with Gasteiger partial charge in [-0.05, 0) is 25.5 Å². The molecule has 1 amide bonds. The molecule has 8 nitrogen and oxygen atoms in total. The smallest absolute Gasteiger partial charge is 0.328 e. The summed E-state index contributed by atoms with van der Waals surface area (Å²) in [7, 11) is 0. The van der Waals surface area contributed by atoms with Gasteiger partial charge >= 0.3 is 5.69 Å². The van der Waals surface area contributed by atoms with Gasteiger partial charge in [-0.3, -0.25) is 9.36 Å². The normalized spacial score (nSPS) is 17.0. The third-order valence-electron chi connectivity index (χ3n) is 4.64. The van der Waals surface area contributed by atoms with Gasteiger partial charge in [0.2, 0.25) is 0 Å². The number of aromatic amines is 1. The highest BCUT2D eigenvalue weighted by Gasteiger charge is 2.30. The Hall–Kier alpha value is -3.16. The number of fused-ring (bicyclic) bond motifs is 1. The number of ether oxygens (including phenoxy) is 1. The topological polar surface area (TPSA) is 93.1 Å². The van der Waals surface area contributed by atoms with Crippen molar-refractivity contribution in [2.75, 3.05) is 19.7 Å². The Kier molecular flexibility index (Phi) is 4.16. The Morgan fingerprint density at radius 1 is 1.35 bits per heavy atom. The van der Waals surface area contributed by atoms with Gasteiger partial charge in [-0.25, -0.2) is 14.8 Å². The molecular weight excluding hydrogens is 334 g/mol. The van der Waals surface area contributed by atoms with Crippen LogP contribution in [0, 0.1) is 6.92 Å². The lowest BCUT2D eigenvalue weighted by molar-refractivity contribution is -0.132. The van der Waals surface area contributed by atoms with Gasteiger partial charge in [-0.1, -0.05) is 17.7 Å². The Morgan fingerprint density at radius 2 is 2.15 bits per heavy atom. The summed E-state index contributed by atoms with van der Waals surface area (Å²) in [6.07, 6.45) is 3.69. The average Bonchev–Trinajstić information content (AvgIpc) is 3.24. The highest BCUT2D eigenvalue weighted by Crippen LogP contribution is 2.23. The summed E-state index contributed by atoms with van der Waals surface area (Å²) in [6.45, 7) is 3.04. The van der Waals surface area contributed by atoms with E-state index in [1.165, 1.54) is 6.33 Å². The first-order valence-electron chi connectivity index (χ1n) is 8.49. The van der Waals surface area contributed by atoms with E-state index in [2.05, 4.69) is 15.0 Å². The third-order valence-corrected chi connectivity index (χ3v) is 4.64. The first-order valence-corrected chi connectivity index (χ1v) is 8.49. The number of rotatable bonds is 4. The molecular formula is C18H19N5O3. The molecule has 1 aromatic carbocycles. The van der Waals surface area contributed by atoms with Crippen molar-refractivity contribution < 1.29 is 9.53 Å². The summed E-state index contributed by atoms with van der Waals surface area (Å²) in [5.41, 5.74) is 2.08. The fourth-order valence-electron chi connectivity index (χ4n) is 3.26. The fraction of sp³-hybridized carbons (Fsp3) is 0.333. The number of aryl methyl sites for hydroxylation is 1. The molecule has 4 rings (SSSR count). The Labute approximate surface area is 149 Å². The molecule has 0 saturated carbocycles. The molecule has 1 saturated heterocycles. The lowest BCUT2D eigenvalue weighted by atomic mass is 10.2. The Balaban J connectivity index is 1.43. The molecule has 2 aromatic heterocycles. The van der Waals surface area contributed by atoms with Crippen molar-refractivity contribution in [2.24, 2.45) is 0 Å². The van der Waals surface area contributed by atoms with Gasteiger partial charge in [0.25, 0.3) is 5.91 Å². The van der Waals surface area contributed by atoms with Crippen LogP contribution in [0.4, 0.5) is 0 Å². The van der Waals surface area contributed by atoms with Gasteiger partial charge in [0, 0.05) is 13.1 Å². The third kappa shape index (κ3) is 3.05. The van der Waals surface area contributed by atoms with Crippen LogP contribution in [0.3, 0.4) is 0 Å². The van der Waals surface area contributed by atoms with Gasteiger partial charge in [0.1, 0.15) is 17.6 Å². The molecule has 8 heteroatoms. The highest BCUT2D eigenvalue weighted by atomic mass is 16.5. The van der Waals surface area contributed by atoms with E-state index in [4.69, 9.17) is 4.74 Å². The minimum atomic E-state index is -0.226. The maximum Gasteiger partial charge on any atom is 0.328 e. The summed E-state index contributed by atoms with van der Waals surface area (Å²) in [4.78, 5) is 37.3. The van der Waals surface area contributed by atoms with Crippen molar-refractivity contribution in [3.8, 4) is 5.75 Å². The van der Waals surface area contributed by atoms with Crippen molar-refractivity contribution in [1.29, 1.82) is 0 Å². The molecule has 3 aromatic rings. The lowest BCUT2D eigenvalue weighted by Crippen LogP contribution is -2.34. The monoisotopic (exact) mass is 353 g/mol. The van der Waals surface area contributed by atoms with E-state index in [1.54, 1.807) is 15.7 Å². The van der Waals surface area contributed by atoms with E-state index in [-0.39, 0.29) is 24.2 Å². The molecule has 134 valence electrons. The molecule has 0 spiro atoms. The first kappa shape index (κ1) is 16.3. The van der Waals surface area contributed by atoms with Gasteiger partial charge in [-0.2, -0.15) is 0 Å². The fourth-order valence-corrected chi connectivity index (χ4v) is 3.26. The zero-order chi connectivity index (χ0) is 18.1. The van der Waals surface area contributed by atoms with Gasteiger partial charge in [0.05, 0.1) is 12.2 Å². The molecule has 26 heavy (non-hydrogen) atoms. The second-order valence-corrected chi connectivity index (χ2v) is 6.44. The maximum absolute atomic E-state index is 12.4. The quantitative estimate of drug-likeness (QED) is 0.763. The lowest BCUT2D eigenvalue weighted by Gasteiger charge is -2.17. The van der Waals surface area contributed by atoms with Crippen LogP contribution in [0.1, 0.15) is 18.0 Å². The number of hydrogen-bond donors (Lipinski definition) is 1. The SMILES string of the molecule is Cc1ccc(OCC(=O)N2CC[C@@H](n3c(=O)[nH]c4cncnc43)C2)cc1. The van der Waals surface area contributed by atoms with Crippen molar-refractivity contribution in [3.05, 3.63) is 52.8 Å². The zero-order valence-corrected chi connectivity index (χ0v) is 14.4. The predicted molar refractivity (Wildman–Crippen MR) is 95.1 cm³/mol. The molecule has 0 aliphatic carbocycles. The molecule has 1 N–H and O–H groups in total. The van der Waals surface area contributed by atoms with Crippen molar-refractivity contribution in [1.82, 2.24) is 24.4 Å². The average molecular weight is 353 g/mol. The molecule has 0 bridgehead atoms. The van der Waals surface area contributed by atoms with Crippen LogP contribution in [0.15, 0.2) is 41.6 Å². The molecule has 0 unspecified atom stereocenters. The number of hydrogen-bond acceptors (Lipinski definition) is 5. The van der Waals surface area contributed by atoms with Crippen molar-refractivity contribution >= 4 is 17.1 Å². The second kappa shape index (κ2) is 6.62. The number of amides is 1. The number of nitrogens with zero attached hydrogens (tertiary/aromatic N) is 4. The van der Waals surface area contributed by atoms with Gasteiger partial charge in [0.15, 0.2) is 12.3 Å². The van der Waals surface area contributed by atoms with Crippen LogP contribution in [0.25, 0.3) is 11.2 Å². The number of carbonyl (C=O) groups excluding carboxylic acids is 1. The van der Waals surface area contributed by atoms with Gasteiger partial charge in [-0.15, -0.1) is 0 Å². The molecule has 0 radical (unpaired) electrons. The summed E-state index contributed by atoms with van der Waals surface area (Å²) in [5.74, 6) is 0.583. The number of imidazole rings is 1. The van der Waals surface area contributed by atoms with Crippen LogP contribution < -0.4 is 10.4 Å². The van der Waals surface area contributed by atoms with E-state index in [0.717, 1.165) is 5.56 Å². The van der Waals surface area contributed by atoms with Crippen LogP contribution in [0.5, 0.6) is 5.75 Å². The molecule has 1 aliphatic heterocycles.